The highest BCUT2D eigenvalue weighted by Gasteiger charge is 2.57. The van der Waals surface area contributed by atoms with Gasteiger partial charge in [-0.05, 0) is 19.3 Å². The van der Waals surface area contributed by atoms with E-state index in [1.54, 1.807) is 0 Å². The van der Waals surface area contributed by atoms with Crippen LogP contribution in [0.4, 0.5) is 0 Å². The van der Waals surface area contributed by atoms with Gasteiger partial charge in [0.1, 0.15) is 12.2 Å². The smallest absolute Gasteiger partial charge is 0.190 e. The number of hydrogen-bond donors (Lipinski definition) is 1. The van der Waals surface area contributed by atoms with Gasteiger partial charge in [-0.3, -0.25) is 0 Å². The van der Waals surface area contributed by atoms with Crippen molar-refractivity contribution < 1.29 is 19.3 Å². The molecule has 2 aliphatic heterocycles. The van der Waals surface area contributed by atoms with Crippen molar-refractivity contribution >= 4 is 0 Å². The monoisotopic (exact) mass is 312 g/mol. The average molecular weight is 312 g/mol. The molecule has 3 rings (SSSR count). The van der Waals surface area contributed by atoms with Crippen molar-refractivity contribution in [2.24, 2.45) is 0 Å². The van der Waals surface area contributed by atoms with E-state index in [1.807, 2.05) is 0 Å². The van der Waals surface area contributed by atoms with Crippen LogP contribution in [-0.4, -0.2) is 35.5 Å². The van der Waals surface area contributed by atoms with E-state index in [2.05, 4.69) is 6.92 Å². The van der Waals surface area contributed by atoms with Crippen LogP contribution in [-0.2, 0) is 14.2 Å². The van der Waals surface area contributed by atoms with E-state index < -0.39 is 11.9 Å². The van der Waals surface area contributed by atoms with E-state index in [1.165, 1.54) is 38.5 Å². The maximum Gasteiger partial charge on any atom is 0.190 e. The van der Waals surface area contributed by atoms with Gasteiger partial charge in [0, 0.05) is 12.8 Å². The lowest BCUT2D eigenvalue weighted by atomic mass is 9.94. The normalized spacial score (nSPS) is 36.8. The van der Waals surface area contributed by atoms with E-state index in [0.717, 1.165) is 38.5 Å². The summed E-state index contributed by atoms with van der Waals surface area (Å²) in [4.78, 5) is 0. The topological polar surface area (TPSA) is 47.9 Å². The third-order valence-corrected chi connectivity index (χ3v) is 5.43. The molecule has 4 heteroatoms. The van der Waals surface area contributed by atoms with Crippen molar-refractivity contribution in [2.75, 3.05) is 0 Å². The molecule has 0 aromatic rings. The van der Waals surface area contributed by atoms with Crippen LogP contribution in [0, 0.1) is 0 Å². The molecular formula is C18H32O4. The summed E-state index contributed by atoms with van der Waals surface area (Å²) in [6.45, 7) is 2.24. The Morgan fingerprint density at radius 3 is 2.41 bits per heavy atom. The van der Waals surface area contributed by atoms with E-state index in [-0.39, 0.29) is 18.5 Å². The van der Waals surface area contributed by atoms with Crippen molar-refractivity contribution in [3.05, 3.63) is 0 Å². The summed E-state index contributed by atoms with van der Waals surface area (Å²) in [5.74, 6) is -0.459. The van der Waals surface area contributed by atoms with Gasteiger partial charge in [0.25, 0.3) is 0 Å². The fourth-order valence-corrected chi connectivity index (χ4v) is 4.10. The molecule has 1 N–H and O–H groups in total. The van der Waals surface area contributed by atoms with Gasteiger partial charge >= 0.3 is 0 Å². The van der Waals surface area contributed by atoms with Crippen molar-refractivity contribution in [3.63, 3.8) is 0 Å². The highest BCUT2D eigenvalue weighted by atomic mass is 16.8. The first-order valence-corrected chi connectivity index (χ1v) is 9.43. The summed E-state index contributed by atoms with van der Waals surface area (Å²) in [6.07, 6.45) is 12.7. The van der Waals surface area contributed by atoms with Gasteiger partial charge in [0.05, 0.1) is 6.10 Å². The molecule has 1 spiro atoms. The Balaban J connectivity index is 1.40. The van der Waals surface area contributed by atoms with Crippen LogP contribution in [0.5, 0.6) is 0 Å². The van der Waals surface area contributed by atoms with Crippen LogP contribution < -0.4 is 0 Å². The second-order valence-electron chi connectivity index (χ2n) is 7.26. The molecule has 0 aromatic heterocycles. The number of hydrogen-bond acceptors (Lipinski definition) is 4. The largest absolute Gasteiger partial charge is 0.387 e. The van der Waals surface area contributed by atoms with E-state index in [0.29, 0.717) is 0 Å². The molecule has 4 atom stereocenters. The van der Waals surface area contributed by atoms with Crippen molar-refractivity contribution in [1.82, 2.24) is 0 Å². The Kier molecular flexibility index (Phi) is 5.77. The Bertz CT molecular complexity index is 340. The summed E-state index contributed by atoms with van der Waals surface area (Å²) < 4.78 is 18.1. The molecule has 0 amide bonds. The molecule has 0 aromatic carbocycles. The van der Waals surface area contributed by atoms with Crippen LogP contribution >= 0.6 is 0 Å². The Morgan fingerprint density at radius 1 is 0.955 bits per heavy atom. The summed E-state index contributed by atoms with van der Waals surface area (Å²) in [6, 6.07) is 0. The van der Waals surface area contributed by atoms with Crippen LogP contribution in [0.3, 0.4) is 0 Å². The first-order chi connectivity index (χ1) is 10.7. The molecule has 2 heterocycles. The summed E-state index contributed by atoms with van der Waals surface area (Å²) >= 11 is 0. The second kappa shape index (κ2) is 7.61. The zero-order valence-corrected chi connectivity index (χ0v) is 14.0. The maximum absolute atomic E-state index is 10.5. The molecule has 0 unspecified atom stereocenters. The molecule has 3 fully saturated rings. The third-order valence-electron chi connectivity index (χ3n) is 5.43. The maximum atomic E-state index is 10.5. The zero-order chi connectivity index (χ0) is 15.4. The van der Waals surface area contributed by atoms with E-state index in [4.69, 9.17) is 14.2 Å². The molecule has 22 heavy (non-hydrogen) atoms. The lowest BCUT2D eigenvalue weighted by Crippen LogP contribution is -2.38. The Hall–Kier alpha value is -0.160. The van der Waals surface area contributed by atoms with E-state index in [9.17, 15) is 5.11 Å². The van der Waals surface area contributed by atoms with E-state index >= 15 is 0 Å². The first-order valence-electron chi connectivity index (χ1n) is 9.43. The van der Waals surface area contributed by atoms with Crippen LogP contribution in [0.2, 0.25) is 0 Å². The van der Waals surface area contributed by atoms with Crippen LogP contribution in [0.1, 0.15) is 84.0 Å². The number of aliphatic hydroxyl groups is 1. The van der Waals surface area contributed by atoms with Gasteiger partial charge in [0.2, 0.25) is 0 Å². The Labute approximate surface area is 134 Å². The molecule has 4 nitrogen and oxygen atoms in total. The second-order valence-corrected chi connectivity index (χ2v) is 7.26. The summed E-state index contributed by atoms with van der Waals surface area (Å²) in [5, 5.41) is 10.5. The lowest BCUT2D eigenvalue weighted by molar-refractivity contribution is -0.246. The van der Waals surface area contributed by atoms with Crippen molar-refractivity contribution in [3.8, 4) is 0 Å². The number of rotatable bonds is 7. The number of aliphatic hydroxyl groups excluding tert-OH is 1. The Morgan fingerprint density at radius 2 is 1.68 bits per heavy atom. The molecule has 1 aliphatic carbocycles. The SMILES string of the molecule is CCCCCCCC[C@H]1O[C@@H]2OC3(CCCCC3)O[C@@H]2[C@H]1O. The number of fused-ring (bicyclic) bond motifs is 1. The van der Waals surface area contributed by atoms with Crippen molar-refractivity contribution in [2.45, 2.75) is 114 Å². The van der Waals surface area contributed by atoms with Gasteiger partial charge in [-0.1, -0.05) is 51.9 Å². The minimum absolute atomic E-state index is 0.109. The minimum atomic E-state index is -0.526. The van der Waals surface area contributed by atoms with Crippen molar-refractivity contribution in [1.29, 1.82) is 0 Å². The summed E-state index contributed by atoms with van der Waals surface area (Å²) in [5.41, 5.74) is 0. The molecule has 2 saturated heterocycles. The van der Waals surface area contributed by atoms with Crippen LogP contribution in [0.25, 0.3) is 0 Å². The average Bonchev–Trinajstić information content (AvgIpc) is 3.00. The summed E-state index contributed by atoms with van der Waals surface area (Å²) in [7, 11) is 0. The fourth-order valence-electron chi connectivity index (χ4n) is 4.10. The van der Waals surface area contributed by atoms with Gasteiger partial charge in [-0.2, -0.15) is 0 Å². The predicted octanol–water partition coefficient (Wildman–Crippen LogP) is 3.90. The molecule has 3 aliphatic rings. The standard InChI is InChI=1S/C18H32O4/c1-2-3-4-5-6-8-11-14-15(19)16-17(20-14)22-18(21-16)12-9-7-10-13-18/h14-17,19H,2-13H2,1H3/t14-,15+,16-,17-/m1/s1. The first kappa shape index (κ1) is 16.7. The third kappa shape index (κ3) is 3.66. The number of unbranched alkanes of at least 4 members (excludes halogenated alkanes) is 5. The highest BCUT2D eigenvalue weighted by molar-refractivity contribution is 4.95. The predicted molar refractivity (Wildman–Crippen MR) is 84.4 cm³/mol. The van der Waals surface area contributed by atoms with Gasteiger partial charge in [-0.25, -0.2) is 0 Å². The van der Waals surface area contributed by atoms with Gasteiger partial charge < -0.3 is 19.3 Å². The van der Waals surface area contributed by atoms with Gasteiger partial charge in [-0.15, -0.1) is 0 Å². The highest BCUT2D eigenvalue weighted by Crippen LogP contribution is 2.45. The zero-order valence-electron chi connectivity index (χ0n) is 14.0. The molecule has 1 saturated carbocycles. The van der Waals surface area contributed by atoms with Gasteiger partial charge in [0.15, 0.2) is 12.1 Å². The minimum Gasteiger partial charge on any atom is -0.387 e. The molecule has 0 radical (unpaired) electrons. The van der Waals surface area contributed by atoms with Crippen LogP contribution in [0.15, 0.2) is 0 Å². The fraction of sp³-hybridized carbons (Fsp3) is 1.00. The quantitative estimate of drug-likeness (QED) is 0.724. The lowest BCUT2D eigenvalue weighted by Gasteiger charge is -2.33. The molecule has 0 bridgehead atoms. The molecule has 128 valence electrons. The number of ether oxygens (including phenoxy) is 3. The molecular weight excluding hydrogens is 280 g/mol.